The number of para-hydroxylation sites is 2. The zero-order valence-electron chi connectivity index (χ0n) is 16.6. The van der Waals surface area contributed by atoms with Gasteiger partial charge >= 0.3 is 0 Å². The van der Waals surface area contributed by atoms with Crippen molar-refractivity contribution in [1.29, 1.82) is 0 Å². The summed E-state index contributed by atoms with van der Waals surface area (Å²) in [4.78, 5) is 16.3. The van der Waals surface area contributed by atoms with E-state index in [1.165, 1.54) is 0 Å². The van der Waals surface area contributed by atoms with Gasteiger partial charge in [0.15, 0.2) is 5.58 Å². The maximum atomic E-state index is 11.9. The summed E-state index contributed by atoms with van der Waals surface area (Å²) in [6.45, 7) is 0.636. The van der Waals surface area contributed by atoms with Crippen molar-refractivity contribution in [3.63, 3.8) is 0 Å². The fourth-order valence-electron chi connectivity index (χ4n) is 3.09. The smallest absolute Gasteiger partial charge is 0.256 e. The quantitative estimate of drug-likeness (QED) is 0.311. The van der Waals surface area contributed by atoms with Gasteiger partial charge in [-0.15, -0.1) is 0 Å². The average Bonchev–Trinajstić information content (AvgIpc) is 3.14. The third kappa shape index (κ3) is 7.46. The number of aromatic hydroxyl groups is 1. The normalized spacial score (nSPS) is 11.0. The Bertz CT molecular complexity index is 860. The van der Waals surface area contributed by atoms with E-state index in [2.05, 4.69) is 10.3 Å². The van der Waals surface area contributed by atoms with E-state index in [-0.39, 0.29) is 11.7 Å². The molecule has 5 nitrogen and oxygen atoms in total. The summed E-state index contributed by atoms with van der Waals surface area (Å²) >= 11 is 1.67. The number of nitrogens with one attached hydrogen (secondary N) is 1. The minimum atomic E-state index is 0.121. The van der Waals surface area contributed by atoms with Crippen molar-refractivity contribution in [2.45, 2.75) is 50.2 Å². The van der Waals surface area contributed by atoms with Gasteiger partial charge in [0.25, 0.3) is 5.22 Å². The van der Waals surface area contributed by atoms with E-state index in [9.17, 15) is 9.90 Å². The predicted octanol–water partition coefficient (Wildman–Crippen LogP) is 5.33. The second-order valence-electron chi connectivity index (χ2n) is 7.08. The molecule has 154 valence electrons. The molecule has 0 unspecified atom stereocenters. The Hall–Kier alpha value is -2.47. The van der Waals surface area contributed by atoms with E-state index < -0.39 is 0 Å². The number of carbonyl (C=O) groups excluding carboxylic acids is 1. The molecule has 0 radical (unpaired) electrons. The number of phenolic OH excluding ortho intramolecular Hbond substituents is 1. The van der Waals surface area contributed by atoms with E-state index in [1.54, 1.807) is 23.9 Å². The molecule has 1 aromatic heterocycles. The molecule has 2 aromatic carbocycles. The van der Waals surface area contributed by atoms with E-state index in [4.69, 9.17) is 4.42 Å². The molecule has 0 fully saturated rings. The van der Waals surface area contributed by atoms with Crippen LogP contribution in [-0.4, -0.2) is 28.3 Å². The predicted molar refractivity (Wildman–Crippen MR) is 117 cm³/mol. The highest BCUT2D eigenvalue weighted by molar-refractivity contribution is 7.99. The number of aromatic nitrogens is 1. The molecule has 0 aliphatic heterocycles. The zero-order valence-corrected chi connectivity index (χ0v) is 17.4. The highest BCUT2D eigenvalue weighted by atomic mass is 32.2. The SMILES string of the molecule is O=C(CCCCCCCSc1nc2ccccc2o1)NCCc1ccc(O)cc1. The number of hydrogen-bond acceptors (Lipinski definition) is 5. The van der Waals surface area contributed by atoms with Gasteiger partial charge in [-0.2, -0.15) is 0 Å². The molecule has 0 aliphatic rings. The molecule has 1 amide bonds. The highest BCUT2D eigenvalue weighted by Crippen LogP contribution is 2.24. The van der Waals surface area contributed by atoms with E-state index in [0.29, 0.717) is 13.0 Å². The van der Waals surface area contributed by atoms with E-state index in [0.717, 1.165) is 66.2 Å². The van der Waals surface area contributed by atoms with Crippen molar-refractivity contribution in [3.8, 4) is 5.75 Å². The molecule has 0 aliphatic carbocycles. The number of carbonyl (C=O) groups is 1. The highest BCUT2D eigenvalue weighted by Gasteiger charge is 2.05. The molecule has 0 bridgehead atoms. The lowest BCUT2D eigenvalue weighted by molar-refractivity contribution is -0.121. The van der Waals surface area contributed by atoms with Crippen molar-refractivity contribution in [2.24, 2.45) is 0 Å². The van der Waals surface area contributed by atoms with Crippen molar-refractivity contribution in [2.75, 3.05) is 12.3 Å². The first-order valence-electron chi connectivity index (χ1n) is 10.2. The third-order valence-electron chi connectivity index (χ3n) is 4.72. The van der Waals surface area contributed by atoms with Gasteiger partial charge in [-0.25, -0.2) is 4.98 Å². The minimum absolute atomic E-state index is 0.121. The van der Waals surface area contributed by atoms with Gasteiger partial charge in [-0.05, 0) is 49.1 Å². The molecular formula is C23H28N2O3S. The minimum Gasteiger partial charge on any atom is -0.508 e. The number of fused-ring (bicyclic) bond motifs is 1. The number of oxazole rings is 1. The summed E-state index contributed by atoms with van der Waals surface area (Å²) in [5.74, 6) is 1.39. The van der Waals surface area contributed by atoms with E-state index >= 15 is 0 Å². The van der Waals surface area contributed by atoms with Crippen LogP contribution >= 0.6 is 11.8 Å². The Labute approximate surface area is 175 Å². The molecule has 0 saturated heterocycles. The fourth-order valence-corrected chi connectivity index (χ4v) is 3.92. The first kappa shape index (κ1) is 21.2. The second-order valence-corrected chi connectivity index (χ2v) is 8.13. The van der Waals surface area contributed by atoms with E-state index in [1.807, 2.05) is 36.4 Å². The molecule has 3 aromatic rings. The first-order chi connectivity index (χ1) is 14.2. The fraction of sp³-hybridized carbons (Fsp3) is 0.391. The molecular weight excluding hydrogens is 384 g/mol. The van der Waals surface area contributed by atoms with Crippen molar-refractivity contribution in [3.05, 3.63) is 54.1 Å². The lowest BCUT2D eigenvalue weighted by Crippen LogP contribution is -2.25. The Morgan fingerprint density at radius 3 is 2.59 bits per heavy atom. The topological polar surface area (TPSA) is 75.4 Å². The Morgan fingerprint density at radius 1 is 1.00 bits per heavy atom. The molecule has 0 atom stereocenters. The number of hydrogen-bond donors (Lipinski definition) is 2. The van der Waals surface area contributed by atoms with Gasteiger partial charge in [0.05, 0.1) is 0 Å². The maximum Gasteiger partial charge on any atom is 0.256 e. The van der Waals surface area contributed by atoms with Crippen LogP contribution in [-0.2, 0) is 11.2 Å². The largest absolute Gasteiger partial charge is 0.508 e. The molecule has 3 rings (SSSR count). The average molecular weight is 413 g/mol. The Kier molecular flexibility index (Phi) is 8.43. The van der Waals surface area contributed by atoms with Gasteiger partial charge < -0.3 is 14.8 Å². The lowest BCUT2D eigenvalue weighted by Gasteiger charge is -2.06. The number of benzene rings is 2. The van der Waals surface area contributed by atoms with Crippen molar-refractivity contribution in [1.82, 2.24) is 10.3 Å². The first-order valence-corrected chi connectivity index (χ1v) is 11.2. The summed E-state index contributed by atoms with van der Waals surface area (Å²) in [6.07, 6.45) is 6.83. The van der Waals surface area contributed by atoms with Crippen LogP contribution in [0.5, 0.6) is 5.75 Å². The molecule has 6 heteroatoms. The third-order valence-corrected chi connectivity index (χ3v) is 5.63. The molecule has 2 N–H and O–H groups in total. The molecule has 0 saturated carbocycles. The Balaban J connectivity index is 1.17. The zero-order chi connectivity index (χ0) is 20.3. The van der Waals surface area contributed by atoms with Crippen molar-refractivity contribution >= 4 is 28.8 Å². The number of phenols is 1. The van der Waals surface area contributed by atoms with Crippen molar-refractivity contribution < 1.29 is 14.3 Å². The summed E-state index contributed by atoms with van der Waals surface area (Å²) < 4.78 is 5.70. The van der Waals surface area contributed by atoms with Crippen LogP contribution in [0.2, 0.25) is 0 Å². The van der Waals surface area contributed by atoms with Gasteiger partial charge in [-0.1, -0.05) is 55.3 Å². The number of unbranched alkanes of at least 4 members (excludes halogenated alkanes) is 4. The second kappa shape index (κ2) is 11.5. The number of nitrogens with zero attached hydrogens (tertiary/aromatic N) is 1. The summed E-state index contributed by atoms with van der Waals surface area (Å²) in [6, 6.07) is 14.9. The van der Waals surface area contributed by atoms with Crippen LogP contribution in [0, 0.1) is 0 Å². The van der Waals surface area contributed by atoms with Crippen LogP contribution in [0.1, 0.15) is 44.1 Å². The van der Waals surface area contributed by atoms with Crippen LogP contribution < -0.4 is 5.32 Å². The lowest BCUT2D eigenvalue weighted by atomic mass is 10.1. The molecule has 1 heterocycles. The summed E-state index contributed by atoms with van der Waals surface area (Å²) in [5, 5.41) is 13.0. The van der Waals surface area contributed by atoms with Gasteiger partial charge in [-0.3, -0.25) is 4.79 Å². The monoisotopic (exact) mass is 412 g/mol. The maximum absolute atomic E-state index is 11.9. The number of rotatable bonds is 12. The van der Waals surface area contributed by atoms with Gasteiger partial charge in [0.1, 0.15) is 11.3 Å². The molecule has 0 spiro atoms. The Morgan fingerprint density at radius 2 is 1.76 bits per heavy atom. The van der Waals surface area contributed by atoms with Crippen LogP contribution in [0.3, 0.4) is 0 Å². The van der Waals surface area contributed by atoms with Gasteiger partial charge in [0, 0.05) is 18.7 Å². The van der Waals surface area contributed by atoms with Crippen LogP contribution in [0.4, 0.5) is 0 Å². The number of thioether (sulfide) groups is 1. The summed E-state index contributed by atoms with van der Waals surface area (Å²) in [7, 11) is 0. The summed E-state index contributed by atoms with van der Waals surface area (Å²) in [5.41, 5.74) is 2.87. The standard InChI is InChI=1S/C23H28N2O3S/c26-19-13-11-18(12-14-19)15-16-24-22(27)10-4-2-1-3-7-17-29-23-25-20-8-5-6-9-21(20)28-23/h5-6,8-9,11-14,26H,1-4,7,10,15-17H2,(H,24,27). The van der Waals surface area contributed by atoms with Crippen LogP contribution in [0.25, 0.3) is 11.1 Å². The number of amides is 1. The van der Waals surface area contributed by atoms with Gasteiger partial charge in [0.2, 0.25) is 5.91 Å². The molecule has 29 heavy (non-hydrogen) atoms. The van der Waals surface area contributed by atoms with Crippen LogP contribution in [0.15, 0.2) is 58.2 Å².